The van der Waals surface area contributed by atoms with E-state index in [-0.39, 0.29) is 19.1 Å². The first-order valence-corrected chi connectivity index (χ1v) is 27.0. The fourth-order valence-corrected chi connectivity index (χ4v) is 7.14. The van der Waals surface area contributed by atoms with E-state index in [4.69, 9.17) is 9.05 Å². The molecule has 0 radical (unpaired) electrons. The Balaban J connectivity index is 3.90. The second kappa shape index (κ2) is 46.7. The van der Waals surface area contributed by atoms with Crippen molar-refractivity contribution in [3.05, 3.63) is 134 Å². The van der Waals surface area contributed by atoms with Gasteiger partial charge in [-0.15, -0.1) is 0 Å². The fraction of sp³-hybridized carbons (Fsp3) is 0.596. The Morgan fingerprint density at radius 1 is 0.530 bits per heavy atom. The monoisotopic (exact) mass is 936 g/mol. The second-order valence-corrected chi connectivity index (χ2v) is 19.3. The van der Waals surface area contributed by atoms with Crippen molar-refractivity contribution >= 4 is 13.7 Å². The van der Waals surface area contributed by atoms with E-state index in [0.29, 0.717) is 23.9 Å². The Morgan fingerprint density at radius 3 is 1.30 bits per heavy atom. The van der Waals surface area contributed by atoms with Gasteiger partial charge in [-0.05, 0) is 96.3 Å². The highest BCUT2D eigenvalue weighted by molar-refractivity contribution is 7.47. The maximum Gasteiger partial charge on any atom is 0.472 e. The molecule has 0 aromatic heterocycles. The molecule has 3 N–H and O–H groups in total. The standard InChI is InChI=1S/C57H95N2O6P/c1-6-8-10-11-12-13-14-15-16-17-18-19-20-21-22-23-24-25-26-27-28-29-30-31-32-33-34-35-36-37-38-39-40-41-42-43-44-45-46-47-49-51-57(61)58-55(56(60)50-48-9-7-2)54-65-66(62,63)64-53-52-59(3,4)5/h8,10,12-13,15-16,18-19,21-22,24-25,27-28,30-31,33-34,36-37,39-40,55-56,60H,6-7,9,11,14,17,20,23,26,29,32,35,38,41-54H2,1-5H3,(H-,58,61,62,63)/p+1/b10-8-,13-12-,16-15-,19-18-,22-21-,25-24-,28-27-,31-30-,34-33-,37-36-,40-39-. The molecule has 0 aliphatic rings. The van der Waals surface area contributed by atoms with Gasteiger partial charge in [0.05, 0.1) is 39.9 Å². The van der Waals surface area contributed by atoms with Crippen molar-refractivity contribution in [3.8, 4) is 0 Å². The quantitative estimate of drug-likeness (QED) is 0.0243. The molecule has 9 heteroatoms. The van der Waals surface area contributed by atoms with Gasteiger partial charge >= 0.3 is 7.82 Å². The molecule has 374 valence electrons. The van der Waals surface area contributed by atoms with Crippen molar-refractivity contribution in [1.29, 1.82) is 0 Å². The number of aliphatic hydroxyl groups excluding tert-OH is 1. The molecule has 3 atom stereocenters. The summed E-state index contributed by atoms with van der Waals surface area (Å²) in [6.07, 6.45) is 71.7. The van der Waals surface area contributed by atoms with Crippen LogP contribution in [0.15, 0.2) is 134 Å². The highest BCUT2D eigenvalue weighted by Gasteiger charge is 2.28. The highest BCUT2D eigenvalue weighted by atomic mass is 31.2. The molecule has 0 saturated heterocycles. The Morgan fingerprint density at radius 2 is 0.909 bits per heavy atom. The molecule has 3 unspecified atom stereocenters. The molecular formula is C57H96N2O6P+. The maximum atomic E-state index is 12.7. The second-order valence-electron chi connectivity index (χ2n) is 17.8. The number of hydrogen-bond acceptors (Lipinski definition) is 5. The summed E-state index contributed by atoms with van der Waals surface area (Å²) >= 11 is 0. The van der Waals surface area contributed by atoms with Gasteiger partial charge in [0.15, 0.2) is 0 Å². The molecule has 1 amide bonds. The van der Waals surface area contributed by atoms with Crippen molar-refractivity contribution in [3.63, 3.8) is 0 Å². The van der Waals surface area contributed by atoms with Crippen LogP contribution in [0.25, 0.3) is 0 Å². The normalized spacial score (nSPS) is 15.2. The summed E-state index contributed by atoms with van der Waals surface area (Å²) in [4.78, 5) is 22.9. The zero-order valence-corrected chi connectivity index (χ0v) is 43.3. The van der Waals surface area contributed by atoms with Crippen LogP contribution in [0.2, 0.25) is 0 Å². The summed E-state index contributed by atoms with van der Waals surface area (Å²) in [6, 6.07) is -0.771. The number of hydrogen-bond donors (Lipinski definition) is 3. The summed E-state index contributed by atoms with van der Waals surface area (Å²) in [5.41, 5.74) is 0. The summed E-state index contributed by atoms with van der Waals surface area (Å²) in [6.45, 7) is 4.56. The molecule has 0 bridgehead atoms. The number of allylic oxidation sites excluding steroid dienone is 22. The number of carbonyl (C=O) groups excluding carboxylic acids is 1. The van der Waals surface area contributed by atoms with E-state index < -0.39 is 20.0 Å². The SMILES string of the molecule is CC/C=C\C/C=C\C/C=C\C/C=C\C/C=C\C/C=C\C/C=C\C/C=C\C/C=C\C/C=C\C/C=C\CCCCCCCCCC(=O)NC(COP(=O)(O)OCC[N+](C)(C)C)C(O)CCCCC. The molecule has 0 heterocycles. The number of nitrogens with one attached hydrogen (secondary N) is 1. The van der Waals surface area contributed by atoms with Crippen LogP contribution in [0.1, 0.15) is 168 Å². The van der Waals surface area contributed by atoms with Gasteiger partial charge in [-0.2, -0.15) is 0 Å². The van der Waals surface area contributed by atoms with Gasteiger partial charge in [0.25, 0.3) is 0 Å². The van der Waals surface area contributed by atoms with Gasteiger partial charge in [0.1, 0.15) is 13.2 Å². The Labute approximate surface area is 405 Å². The first-order valence-electron chi connectivity index (χ1n) is 25.5. The van der Waals surface area contributed by atoms with Gasteiger partial charge < -0.3 is 19.8 Å². The largest absolute Gasteiger partial charge is 0.472 e. The summed E-state index contributed by atoms with van der Waals surface area (Å²) in [7, 11) is 1.58. The van der Waals surface area contributed by atoms with Crippen LogP contribution in [0.4, 0.5) is 0 Å². The van der Waals surface area contributed by atoms with Crippen molar-refractivity contribution in [2.24, 2.45) is 0 Å². The molecule has 0 aromatic rings. The van der Waals surface area contributed by atoms with E-state index in [0.717, 1.165) is 122 Å². The molecule has 0 fully saturated rings. The number of phosphoric acid groups is 1. The first-order chi connectivity index (χ1) is 32.0. The van der Waals surface area contributed by atoms with Gasteiger partial charge in [-0.25, -0.2) is 4.57 Å². The lowest BCUT2D eigenvalue weighted by Crippen LogP contribution is -2.46. The van der Waals surface area contributed by atoms with Crippen LogP contribution in [-0.2, 0) is 18.4 Å². The van der Waals surface area contributed by atoms with Crippen molar-refractivity contribution in [1.82, 2.24) is 5.32 Å². The zero-order valence-electron chi connectivity index (χ0n) is 42.4. The zero-order chi connectivity index (χ0) is 48.5. The third-order valence-electron chi connectivity index (χ3n) is 10.4. The third-order valence-corrected chi connectivity index (χ3v) is 11.4. The molecule has 8 nitrogen and oxygen atoms in total. The topological polar surface area (TPSA) is 105 Å². The first kappa shape index (κ1) is 62.6. The Hall–Kier alpha value is -3.36. The number of rotatable bonds is 44. The molecule has 0 spiro atoms. The molecular weight excluding hydrogens is 840 g/mol. The number of quaternary nitrogens is 1. The van der Waals surface area contributed by atoms with Crippen LogP contribution >= 0.6 is 7.82 Å². The van der Waals surface area contributed by atoms with Crippen LogP contribution < -0.4 is 5.32 Å². The molecule has 0 saturated carbocycles. The fourth-order valence-electron chi connectivity index (χ4n) is 6.40. The molecule has 0 aromatic carbocycles. The lowest BCUT2D eigenvalue weighted by atomic mass is 10.0. The van der Waals surface area contributed by atoms with Gasteiger partial charge in [-0.1, -0.05) is 199 Å². The van der Waals surface area contributed by atoms with Crippen molar-refractivity contribution in [2.45, 2.75) is 180 Å². The average Bonchev–Trinajstić information content (AvgIpc) is 3.27. The molecule has 0 rings (SSSR count). The predicted molar refractivity (Wildman–Crippen MR) is 285 cm³/mol. The summed E-state index contributed by atoms with van der Waals surface area (Å²) in [5.74, 6) is -0.175. The van der Waals surface area contributed by atoms with Crippen LogP contribution in [0.5, 0.6) is 0 Å². The minimum absolute atomic E-state index is 0.0636. The minimum atomic E-state index is -4.30. The van der Waals surface area contributed by atoms with Gasteiger partial charge in [0, 0.05) is 6.42 Å². The lowest BCUT2D eigenvalue weighted by molar-refractivity contribution is -0.870. The number of amides is 1. The van der Waals surface area contributed by atoms with E-state index in [2.05, 4.69) is 153 Å². The van der Waals surface area contributed by atoms with Crippen LogP contribution in [0, 0.1) is 0 Å². The van der Waals surface area contributed by atoms with Gasteiger partial charge in [-0.3, -0.25) is 13.8 Å². The van der Waals surface area contributed by atoms with Crippen molar-refractivity contribution < 1.29 is 32.9 Å². The highest BCUT2D eigenvalue weighted by Crippen LogP contribution is 2.43. The Bertz CT molecular complexity index is 1530. The summed E-state index contributed by atoms with van der Waals surface area (Å²) < 4.78 is 23.3. The van der Waals surface area contributed by atoms with Crippen molar-refractivity contribution in [2.75, 3.05) is 40.9 Å². The smallest absolute Gasteiger partial charge is 0.391 e. The molecule has 0 aliphatic carbocycles. The third kappa shape index (κ3) is 48.6. The van der Waals surface area contributed by atoms with Gasteiger partial charge in [0.2, 0.25) is 5.91 Å². The number of nitrogens with zero attached hydrogens (tertiary/aromatic N) is 1. The number of unbranched alkanes of at least 4 members (excludes halogenated alkanes) is 9. The van der Waals surface area contributed by atoms with E-state index in [1.165, 1.54) is 19.3 Å². The molecule has 0 aliphatic heterocycles. The van der Waals surface area contributed by atoms with E-state index in [1.54, 1.807) is 0 Å². The van der Waals surface area contributed by atoms with E-state index in [9.17, 15) is 19.4 Å². The minimum Gasteiger partial charge on any atom is -0.391 e. The number of likely N-dealkylation sites (N-methyl/N-ethyl adjacent to an activating group) is 1. The maximum absolute atomic E-state index is 12.7. The Kier molecular flexibility index (Phi) is 44.4. The van der Waals surface area contributed by atoms with Crippen LogP contribution in [0.3, 0.4) is 0 Å². The number of carbonyl (C=O) groups is 1. The van der Waals surface area contributed by atoms with Crippen LogP contribution in [-0.4, -0.2) is 73.4 Å². The lowest BCUT2D eigenvalue weighted by Gasteiger charge is -2.26. The number of aliphatic hydroxyl groups is 1. The number of phosphoric ester groups is 1. The van der Waals surface area contributed by atoms with E-state index in [1.807, 2.05) is 21.1 Å². The molecule has 66 heavy (non-hydrogen) atoms. The van der Waals surface area contributed by atoms with E-state index >= 15 is 0 Å². The average molecular weight is 936 g/mol. The summed E-state index contributed by atoms with van der Waals surface area (Å²) in [5, 5.41) is 13.6. The predicted octanol–water partition coefficient (Wildman–Crippen LogP) is 15.2.